The van der Waals surface area contributed by atoms with Crippen molar-refractivity contribution in [3.63, 3.8) is 0 Å². The van der Waals surface area contributed by atoms with Gasteiger partial charge in [-0.25, -0.2) is 0 Å². The number of nitrogens with zero attached hydrogens (tertiary/aromatic N) is 2. The van der Waals surface area contributed by atoms with Gasteiger partial charge in [0.05, 0.1) is 0 Å². The van der Waals surface area contributed by atoms with Gasteiger partial charge in [0.25, 0.3) is 0 Å². The SMILES string of the molecule is CC(C)NCc1ccn(CC(=O)N2CCCC2)c1. The Morgan fingerprint density at radius 1 is 1.39 bits per heavy atom. The fraction of sp³-hybridized carbons (Fsp3) is 0.643. The van der Waals surface area contributed by atoms with Gasteiger partial charge in [0, 0.05) is 38.1 Å². The summed E-state index contributed by atoms with van der Waals surface area (Å²) in [5, 5.41) is 3.37. The first-order valence-electron chi connectivity index (χ1n) is 6.81. The molecule has 2 heterocycles. The van der Waals surface area contributed by atoms with E-state index in [2.05, 4.69) is 31.4 Å². The number of likely N-dealkylation sites (tertiary alicyclic amines) is 1. The standard InChI is InChI=1S/C14H23N3O/c1-12(2)15-9-13-5-8-16(10-13)11-14(18)17-6-3-4-7-17/h5,8,10,12,15H,3-4,6-7,9,11H2,1-2H3. The molecule has 1 amide bonds. The molecule has 0 atom stereocenters. The minimum Gasteiger partial charge on any atom is -0.345 e. The highest BCUT2D eigenvalue weighted by Gasteiger charge is 2.17. The van der Waals surface area contributed by atoms with E-state index in [4.69, 9.17) is 0 Å². The lowest BCUT2D eigenvalue weighted by atomic mass is 10.3. The minimum absolute atomic E-state index is 0.242. The molecule has 0 aromatic carbocycles. The van der Waals surface area contributed by atoms with Crippen molar-refractivity contribution in [2.75, 3.05) is 13.1 Å². The first-order valence-corrected chi connectivity index (χ1v) is 6.81. The van der Waals surface area contributed by atoms with Crippen LogP contribution in [-0.4, -0.2) is 34.5 Å². The lowest BCUT2D eigenvalue weighted by Gasteiger charge is -2.15. The van der Waals surface area contributed by atoms with Crippen LogP contribution in [0.25, 0.3) is 0 Å². The second-order valence-electron chi connectivity index (χ2n) is 5.32. The summed E-state index contributed by atoms with van der Waals surface area (Å²) in [6.45, 7) is 7.47. The zero-order valence-corrected chi connectivity index (χ0v) is 11.4. The van der Waals surface area contributed by atoms with Crippen LogP contribution in [0.4, 0.5) is 0 Å². The molecule has 1 aliphatic heterocycles. The van der Waals surface area contributed by atoms with Crippen molar-refractivity contribution in [3.05, 3.63) is 24.0 Å². The van der Waals surface area contributed by atoms with Gasteiger partial charge in [-0.1, -0.05) is 13.8 Å². The van der Waals surface area contributed by atoms with Crippen LogP contribution in [0, 0.1) is 0 Å². The van der Waals surface area contributed by atoms with Crippen LogP contribution in [0.5, 0.6) is 0 Å². The van der Waals surface area contributed by atoms with Crippen LogP contribution >= 0.6 is 0 Å². The molecule has 0 radical (unpaired) electrons. The molecule has 0 aliphatic carbocycles. The zero-order chi connectivity index (χ0) is 13.0. The normalized spacial score (nSPS) is 15.6. The Hall–Kier alpha value is -1.29. The maximum Gasteiger partial charge on any atom is 0.242 e. The van der Waals surface area contributed by atoms with Gasteiger partial charge in [-0.05, 0) is 24.5 Å². The number of carbonyl (C=O) groups excluding carboxylic acids is 1. The molecule has 1 fully saturated rings. The number of nitrogens with one attached hydrogen (secondary N) is 1. The largest absolute Gasteiger partial charge is 0.345 e. The Labute approximate surface area is 109 Å². The van der Waals surface area contributed by atoms with Crippen molar-refractivity contribution < 1.29 is 4.79 Å². The van der Waals surface area contributed by atoms with E-state index >= 15 is 0 Å². The second kappa shape index (κ2) is 6.05. The highest BCUT2D eigenvalue weighted by Crippen LogP contribution is 2.09. The summed E-state index contributed by atoms with van der Waals surface area (Å²) in [5.74, 6) is 0.242. The van der Waals surface area contributed by atoms with Gasteiger partial charge in [-0.2, -0.15) is 0 Å². The van der Waals surface area contributed by atoms with Crippen molar-refractivity contribution in [2.45, 2.75) is 45.8 Å². The monoisotopic (exact) mass is 249 g/mol. The second-order valence-corrected chi connectivity index (χ2v) is 5.32. The van der Waals surface area contributed by atoms with Crippen molar-refractivity contribution in [1.82, 2.24) is 14.8 Å². The summed E-state index contributed by atoms with van der Waals surface area (Å²) in [5.41, 5.74) is 1.23. The van der Waals surface area contributed by atoms with Crippen LogP contribution in [-0.2, 0) is 17.9 Å². The molecule has 100 valence electrons. The topological polar surface area (TPSA) is 37.3 Å². The molecule has 0 saturated carbocycles. The van der Waals surface area contributed by atoms with Crippen LogP contribution in [0.2, 0.25) is 0 Å². The maximum absolute atomic E-state index is 12.0. The maximum atomic E-state index is 12.0. The zero-order valence-electron chi connectivity index (χ0n) is 11.4. The number of rotatable bonds is 5. The van der Waals surface area contributed by atoms with Crippen LogP contribution in [0.15, 0.2) is 18.5 Å². The lowest BCUT2D eigenvalue weighted by Crippen LogP contribution is -2.30. The fourth-order valence-corrected chi connectivity index (χ4v) is 2.24. The Balaban J connectivity index is 1.84. The van der Waals surface area contributed by atoms with E-state index in [0.29, 0.717) is 12.6 Å². The van der Waals surface area contributed by atoms with E-state index in [9.17, 15) is 4.79 Å². The Bertz CT molecular complexity index is 391. The quantitative estimate of drug-likeness (QED) is 0.861. The molecule has 4 nitrogen and oxygen atoms in total. The predicted molar refractivity (Wildman–Crippen MR) is 72.2 cm³/mol. The summed E-state index contributed by atoms with van der Waals surface area (Å²) in [6.07, 6.45) is 6.36. The van der Waals surface area contributed by atoms with E-state index in [1.54, 1.807) is 0 Å². The number of amides is 1. The van der Waals surface area contributed by atoms with Gasteiger partial charge in [0.1, 0.15) is 6.54 Å². The van der Waals surface area contributed by atoms with E-state index in [1.807, 2.05) is 15.7 Å². The Morgan fingerprint density at radius 2 is 2.11 bits per heavy atom. The summed E-state index contributed by atoms with van der Waals surface area (Å²) in [6, 6.07) is 2.56. The molecule has 18 heavy (non-hydrogen) atoms. The third-order valence-electron chi connectivity index (χ3n) is 3.30. The van der Waals surface area contributed by atoms with Gasteiger partial charge >= 0.3 is 0 Å². The molecule has 1 saturated heterocycles. The third kappa shape index (κ3) is 3.60. The van der Waals surface area contributed by atoms with Gasteiger partial charge in [-0.15, -0.1) is 0 Å². The molecule has 1 N–H and O–H groups in total. The van der Waals surface area contributed by atoms with Gasteiger partial charge in [0.2, 0.25) is 5.91 Å². The van der Waals surface area contributed by atoms with Gasteiger partial charge < -0.3 is 14.8 Å². The molecule has 2 rings (SSSR count). The smallest absolute Gasteiger partial charge is 0.242 e. The van der Waals surface area contributed by atoms with Crippen LogP contribution in [0.3, 0.4) is 0 Å². The third-order valence-corrected chi connectivity index (χ3v) is 3.30. The van der Waals surface area contributed by atoms with Gasteiger partial charge in [-0.3, -0.25) is 4.79 Å². The van der Waals surface area contributed by atoms with Crippen molar-refractivity contribution >= 4 is 5.91 Å². The molecule has 1 aromatic heterocycles. The first kappa shape index (κ1) is 13.1. The van der Waals surface area contributed by atoms with Crippen LogP contribution in [0.1, 0.15) is 32.3 Å². The molecule has 0 spiro atoms. The van der Waals surface area contributed by atoms with E-state index in [-0.39, 0.29) is 5.91 Å². The number of aromatic nitrogens is 1. The lowest BCUT2D eigenvalue weighted by molar-refractivity contribution is -0.130. The Morgan fingerprint density at radius 3 is 2.78 bits per heavy atom. The van der Waals surface area contributed by atoms with E-state index in [0.717, 1.165) is 32.5 Å². The highest BCUT2D eigenvalue weighted by atomic mass is 16.2. The molecule has 1 aromatic rings. The summed E-state index contributed by atoms with van der Waals surface area (Å²) in [7, 11) is 0. The van der Waals surface area contributed by atoms with Gasteiger partial charge in [0.15, 0.2) is 0 Å². The molecular formula is C14H23N3O. The average Bonchev–Trinajstić information content (AvgIpc) is 2.97. The minimum atomic E-state index is 0.242. The van der Waals surface area contributed by atoms with Crippen molar-refractivity contribution in [1.29, 1.82) is 0 Å². The summed E-state index contributed by atoms with van der Waals surface area (Å²) < 4.78 is 1.98. The molecule has 0 bridgehead atoms. The molecule has 0 unspecified atom stereocenters. The summed E-state index contributed by atoms with van der Waals surface area (Å²) >= 11 is 0. The average molecular weight is 249 g/mol. The van der Waals surface area contributed by atoms with Crippen molar-refractivity contribution in [3.8, 4) is 0 Å². The number of carbonyl (C=O) groups is 1. The molecule has 1 aliphatic rings. The fourth-order valence-electron chi connectivity index (χ4n) is 2.24. The van der Waals surface area contributed by atoms with Crippen LogP contribution < -0.4 is 5.32 Å². The number of hydrogen-bond donors (Lipinski definition) is 1. The highest BCUT2D eigenvalue weighted by molar-refractivity contribution is 5.76. The molecular weight excluding hydrogens is 226 g/mol. The summed E-state index contributed by atoms with van der Waals surface area (Å²) in [4.78, 5) is 13.9. The van der Waals surface area contributed by atoms with Crippen molar-refractivity contribution in [2.24, 2.45) is 0 Å². The number of hydrogen-bond acceptors (Lipinski definition) is 2. The Kier molecular flexibility index (Phi) is 4.42. The van der Waals surface area contributed by atoms with E-state index in [1.165, 1.54) is 5.56 Å². The first-order chi connectivity index (χ1) is 8.65. The van der Waals surface area contributed by atoms with E-state index < -0.39 is 0 Å². The molecule has 4 heteroatoms. The predicted octanol–water partition coefficient (Wildman–Crippen LogP) is 1.61.